The van der Waals surface area contributed by atoms with Gasteiger partial charge < -0.3 is 15.4 Å². The number of amides is 2. The molecular formula is C20H24N2O3. The maximum atomic E-state index is 12.1. The van der Waals surface area contributed by atoms with Crippen molar-refractivity contribution in [2.24, 2.45) is 0 Å². The normalized spacial score (nSPS) is 10.4. The fourth-order valence-corrected chi connectivity index (χ4v) is 2.29. The number of para-hydroxylation sites is 2. The van der Waals surface area contributed by atoms with Gasteiger partial charge in [-0.15, -0.1) is 0 Å². The maximum absolute atomic E-state index is 12.1. The summed E-state index contributed by atoms with van der Waals surface area (Å²) in [6, 6.07) is 12.8. The molecule has 132 valence electrons. The Morgan fingerprint density at radius 3 is 2.32 bits per heavy atom. The van der Waals surface area contributed by atoms with Crippen molar-refractivity contribution in [1.82, 2.24) is 0 Å². The molecule has 0 aliphatic carbocycles. The average molecular weight is 340 g/mol. The van der Waals surface area contributed by atoms with Crippen molar-refractivity contribution >= 4 is 23.2 Å². The highest BCUT2D eigenvalue weighted by Gasteiger charge is 2.13. The monoisotopic (exact) mass is 340 g/mol. The van der Waals surface area contributed by atoms with Gasteiger partial charge in [0.25, 0.3) is 0 Å². The number of anilines is 2. The van der Waals surface area contributed by atoms with Gasteiger partial charge in [0.2, 0.25) is 11.8 Å². The zero-order valence-electron chi connectivity index (χ0n) is 15.1. The first-order valence-electron chi connectivity index (χ1n) is 8.28. The molecule has 0 bridgehead atoms. The molecule has 5 nitrogen and oxygen atoms in total. The Labute approximate surface area is 148 Å². The molecule has 2 rings (SSSR count). The van der Waals surface area contributed by atoms with E-state index in [4.69, 9.17) is 4.74 Å². The van der Waals surface area contributed by atoms with E-state index in [9.17, 15) is 9.59 Å². The highest BCUT2D eigenvalue weighted by molar-refractivity contribution is 6.08. The first-order chi connectivity index (χ1) is 11.8. The van der Waals surface area contributed by atoms with Crippen molar-refractivity contribution in [3.05, 3.63) is 53.6 Å². The predicted molar refractivity (Wildman–Crippen MR) is 100.0 cm³/mol. The Bertz CT molecular complexity index is 769. The van der Waals surface area contributed by atoms with Crippen LogP contribution < -0.4 is 15.4 Å². The Balaban J connectivity index is 1.96. The Kier molecular flexibility index (Phi) is 6.17. The number of nitrogens with one attached hydrogen (secondary N) is 2. The average Bonchev–Trinajstić information content (AvgIpc) is 2.52. The molecule has 0 aliphatic rings. The minimum absolute atomic E-state index is 0.00822. The van der Waals surface area contributed by atoms with E-state index in [0.717, 1.165) is 11.1 Å². The van der Waals surface area contributed by atoms with E-state index in [1.54, 1.807) is 18.2 Å². The molecule has 2 N–H and O–H groups in total. The molecule has 0 unspecified atom stereocenters. The molecule has 0 fully saturated rings. The fraction of sp³-hybridized carbons (Fsp3) is 0.300. The first kappa shape index (κ1) is 18.5. The van der Waals surface area contributed by atoms with Crippen LogP contribution in [-0.2, 0) is 9.59 Å². The second kappa shape index (κ2) is 8.33. The molecule has 5 heteroatoms. The fourth-order valence-electron chi connectivity index (χ4n) is 2.29. The predicted octanol–water partition coefficient (Wildman–Crippen LogP) is 4.06. The van der Waals surface area contributed by atoms with Crippen molar-refractivity contribution in [1.29, 1.82) is 0 Å². The lowest BCUT2D eigenvalue weighted by Crippen LogP contribution is -2.22. The summed E-state index contributed by atoms with van der Waals surface area (Å²) in [7, 11) is 0. The van der Waals surface area contributed by atoms with Gasteiger partial charge in [0.1, 0.15) is 12.2 Å². The Hall–Kier alpha value is -2.82. The highest BCUT2D eigenvalue weighted by atomic mass is 16.5. The Morgan fingerprint density at radius 1 is 0.960 bits per heavy atom. The third kappa shape index (κ3) is 5.64. The molecule has 0 heterocycles. The summed E-state index contributed by atoms with van der Waals surface area (Å²) >= 11 is 0. The molecule has 2 aromatic carbocycles. The molecule has 0 saturated carbocycles. The smallest absolute Gasteiger partial charge is 0.233 e. The van der Waals surface area contributed by atoms with Crippen molar-refractivity contribution in [2.45, 2.75) is 40.2 Å². The zero-order valence-corrected chi connectivity index (χ0v) is 15.1. The number of hydrogen-bond acceptors (Lipinski definition) is 3. The van der Waals surface area contributed by atoms with Gasteiger partial charge in [0.15, 0.2) is 0 Å². The van der Waals surface area contributed by atoms with Crippen LogP contribution in [0.4, 0.5) is 11.4 Å². The SMILES string of the molecule is Cc1ccc(NC(=O)CC(=O)Nc2ccccc2OC(C)C)cc1C. The van der Waals surface area contributed by atoms with Crippen LogP contribution in [0, 0.1) is 13.8 Å². The molecule has 0 radical (unpaired) electrons. The van der Waals surface area contributed by atoms with Crippen LogP contribution in [0.1, 0.15) is 31.4 Å². The molecule has 0 atom stereocenters. The summed E-state index contributed by atoms with van der Waals surface area (Å²) in [5, 5.41) is 5.47. The summed E-state index contributed by atoms with van der Waals surface area (Å²) in [5.41, 5.74) is 3.48. The van der Waals surface area contributed by atoms with E-state index >= 15 is 0 Å². The third-order valence-electron chi connectivity index (χ3n) is 3.64. The Morgan fingerprint density at radius 2 is 1.64 bits per heavy atom. The van der Waals surface area contributed by atoms with E-state index < -0.39 is 0 Å². The molecule has 0 aromatic heterocycles. The van der Waals surface area contributed by atoms with Gasteiger partial charge in [0, 0.05) is 5.69 Å². The van der Waals surface area contributed by atoms with Crippen molar-refractivity contribution < 1.29 is 14.3 Å². The van der Waals surface area contributed by atoms with Crippen LogP contribution >= 0.6 is 0 Å². The molecular weight excluding hydrogens is 316 g/mol. The van der Waals surface area contributed by atoms with E-state index in [-0.39, 0.29) is 24.3 Å². The van der Waals surface area contributed by atoms with E-state index in [1.165, 1.54) is 0 Å². The van der Waals surface area contributed by atoms with Crippen LogP contribution in [-0.4, -0.2) is 17.9 Å². The van der Waals surface area contributed by atoms with E-state index in [0.29, 0.717) is 17.1 Å². The van der Waals surface area contributed by atoms with Crippen LogP contribution in [0.15, 0.2) is 42.5 Å². The number of aryl methyl sites for hydroxylation is 2. The van der Waals surface area contributed by atoms with Gasteiger partial charge in [-0.2, -0.15) is 0 Å². The van der Waals surface area contributed by atoms with Crippen LogP contribution in [0.3, 0.4) is 0 Å². The van der Waals surface area contributed by atoms with Gasteiger partial charge in [-0.05, 0) is 63.1 Å². The molecule has 2 amide bonds. The second-order valence-electron chi connectivity index (χ2n) is 6.23. The van der Waals surface area contributed by atoms with Gasteiger partial charge in [-0.25, -0.2) is 0 Å². The number of carbonyl (C=O) groups excluding carboxylic acids is 2. The summed E-state index contributed by atoms with van der Waals surface area (Å²) in [4.78, 5) is 24.2. The van der Waals surface area contributed by atoms with Gasteiger partial charge in [0.05, 0.1) is 11.8 Å². The summed E-state index contributed by atoms with van der Waals surface area (Å²) in [5.74, 6) is -0.162. The van der Waals surface area contributed by atoms with Gasteiger partial charge in [-0.3, -0.25) is 9.59 Å². The lowest BCUT2D eigenvalue weighted by Gasteiger charge is -2.14. The van der Waals surface area contributed by atoms with Gasteiger partial charge >= 0.3 is 0 Å². The summed E-state index contributed by atoms with van der Waals surface area (Å²) in [6.07, 6.45) is -0.269. The number of ether oxygens (including phenoxy) is 1. The second-order valence-corrected chi connectivity index (χ2v) is 6.23. The molecule has 0 aliphatic heterocycles. The molecule has 0 spiro atoms. The summed E-state index contributed by atoms with van der Waals surface area (Å²) < 4.78 is 5.66. The number of carbonyl (C=O) groups is 2. The number of rotatable bonds is 6. The minimum Gasteiger partial charge on any atom is -0.489 e. The van der Waals surface area contributed by atoms with Crippen molar-refractivity contribution in [3.63, 3.8) is 0 Å². The molecule has 2 aromatic rings. The molecule has 0 saturated heterocycles. The van der Waals surface area contributed by atoms with Crippen LogP contribution in [0.25, 0.3) is 0 Å². The van der Waals surface area contributed by atoms with Crippen molar-refractivity contribution in [3.8, 4) is 5.75 Å². The minimum atomic E-state index is -0.388. The topological polar surface area (TPSA) is 67.4 Å². The lowest BCUT2D eigenvalue weighted by molar-refractivity contribution is -0.123. The van der Waals surface area contributed by atoms with Crippen molar-refractivity contribution in [2.75, 3.05) is 10.6 Å². The van der Waals surface area contributed by atoms with E-state index in [2.05, 4.69) is 10.6 Å². The highest BCUT2D eigenvalue weighted by Crippen LogP contribution is 2.25. The standard InChI is InChI=1S/C20H24N2O3/c1-13(2)25-18-8-6-5-7-17(18)22-20(24)12-19(23)21-16-10-9-14(3)15(4)11-16/h5-11,13H,12H2,1-4H3,(H,21,23)(H,22,24). The number of benzene rings is 2. The molecule has 25 heavy (non-hydrogen) atoms. The largest absolute Gasteiger partial charge is 0.489 e. The number of hydrogen-bond donors (Lipinski definition) is 2. The first-order valence-corrected chi connectivity index (χ1v) is 8.28. The van der Waals surface area contributed by atoms with Gasteiger partial charge in [-0.1, -0.05) is 18.2 Å². The zero-order chi connectivity index (χ0) is 18.4. The lowest BCUT2D eigenvalue weighted by atomic mass is 10.1. The quantitative estimate of drug-likeness (QED) is 0.779. The van der Waals surface area contributed by atoms with Crippen LogP contribution in [0.2, 0.25) is 0 Å². The maximum Gasteiger partial charge on any atom is 0.233 e. The third-order valence-corrected chi connectivity index (χ3v) is 3.64. The summed E-state index contributed by atoms with van der Waals surface area (Å²) in [6.45, 7) is 7.81. The van der Waals surface area contributed by atoms with Crippen LogP contribution in [0.5, 0.6) is 5.75 Å². The van der Waals surface area contributed by atoms with E-state index in [1.807, 2.05) is 52.0 Å².